The fourth-order valence-corrected chi connectivity index (χ4v) is 4.25. The van der Waals surface area contributed by atoms with Gasteiger partial charge in [0.1, 0.15) is 17.5 Å². The Balaban J connectivity index is 1.58. The third-order valence-corrected chi connectivity index (χ3v) is 5.87. The predicted octanol–water partition coefficient (Wildman–Crippen LogP) is 0.893. The summed E-state index contributed by atoms with van der Waals surface area (Å²) in [4.78, 5) is 12.1. The normalized spacial score (nSPS) is 17.6. The van der Waals surface area contributed by atoms with E-state index in [1.165, 1.54) is 16.6 Å². The highest BCUT2D eigenvalue weighted by Crippen LogP contribution is 2.26. The second kappa shape index (κ2) is 6.81. The molecule has 0 fully saturated rings. The summed E-state index contributed by atoms with van der Waals surface area (Å²) in [6.45, 7) is 0.687. The molecule has 1 unspecified atom stereocenters. The van der Waals surface area contributed by atoms with Gasteiger partial charge in [-0.2, -0.15) is 9.40 Å². The molecule has 4 rings (SSSR count). The molecule has 1 aliphatic rings. The van der Waals surface area contributed by atoms with Crippen LogP contribution in [0.1, 0.15) is 11.7 Å². The lowest BCUT2D eigenvalue weighted by molar-refractivity contribution is 0.174. The molecule has 0 aliphatic carbocycles. The number of nitrogens with zero attached hydrogens (tertiary/aromatic N) is 6. The third kappa shape index (κ3) is 3.16. The molecule has 0 spiro atoms. The minimum Gasteiger partial charge on any atom is -0.461 e. The number of pyridine rings is 1. The Kier molecular flexibility index (Phi) is 4.35. The quantitative estimate of drug-likeness (QED) is 0.655. The summed E-state index contributed by atoms with van der Waals surface area (Å²) in [5.41, 5.74) is 0.797. The molecule has 1 atom stereocenters. The van der Waals surface area contributed by atoms with E-state index in [-0.39, 0.29) is 36.6 Å². The molecule has 0 saturated carbocycles. The van der Waals surface area contributed by atoms with Gasteiger partial charge in [0, 0.05) is 37.5 Å². The Bertz CT molecular complexity index is 977. The number of hydrogen-bond donors (Lipinski definition) is 0. The van der Waals surface area contributed by atoms with Crippen LogP contribution in [-0.2, 0) is 16.6 Å². The first-order valence-electron chi connectivity index (χ1n) is 7.97. The molecule has 134 valence electrons. The van der Waals surface area contributed by atoms with E-state index in [2.05, 4.69) is 20.1 Å². The Morgan fingerprint density at radius 3 is 2.73 bits per heavy atom. The molecule has 1 aliphatic heterocycles. The van der Waals surface area contributed by atoms with Crippen molar-refractivity contribution < 1.29 is 13.2 Å². The van der Waals surface area contributed by atoms with Gasteiger partial charge in [0.2, 0.25) is 10.0 Å². The van der Waals surface area contributed by atoms with Crippen molar-refractivity contribution in [2.45, 2.75) is 17.5 Å². The zero-order valence-corrected chi connectivity index (χ0v) is 14.5. The van der Waals surface area contributed by atoms with Crippen LogP contribution >= 0.6 is 0 Å². The van der Waals surface area contributed by atoms with Crippen molar-refractivity contribution in [1.82, 2.24) is 29.0 Å². The average molecular weight is 372 g/mol. The van der Waals surface area contributed by atoms with Crippen molar-refractivity contribution in [3.05, 3.63) is 60.9 Å². The summed E-state index contributed by atoms with van der Waals surface area (Å²) in [6.07, 6.45) is 7.72. The second-order valence-electron chi connectivity index (χ2n) is 5.75. The monoisotopic (exact) mass is 372 g/mol. The van der Waals surface area contributed by atoms with Crippen LogP contribution in [0.2, 0.25) is 0 Å². The smallest absolute Gasteiger partial charge is 0.316 e. The molecule has 3 aromatic rings. The van der Waals surface area contributed by atoms with Gasteiger partial charge in [-0.1, -0.05) is 0 Å². The molecule has 0 N–H and O–H groups in total. The van der Waals surface area contributed by atoms with Crippen LogP contribution in [0.25, 0.3) is 0 Å². The number of fused-ring (bicyclic) bond motifs is 1. The van der Waals surface area contributed by atoms with Crippen molar-refractivity contribution in [2.75, 3.05) is 13.2 Å². The second-order valence-corrected chi connectivity index (χ2v) is 7.69. The zero-order chi connectivity index (χ0) is 18.0. The van der Waals surface area contributed by atoms with Crippen LogP contribution in [0.15, 0.2) is 60.1 Å². The van der Waals surface area contributed by atoms with Gasteiger partial charge in [0.25, 0.3) is 0 Å². The SMILES string of the molecule is O=S(=O)(c1cccnc1)N1Cc2ccnn2C(COc2ncccn2)C1. The predicted molar refractivity (Wildman–Crippen MR) is 90.6 cm³/mol. The molecule has 3 aromatic heterocycles. The van der Waals surface area contributed by atoms with E-state index in [1.54, 1.807) is 47.7 Å². The number of aromatic nitrogens is 5. The maximum atomic E-state index is 12.9. The fourth-order valence-electron chi connectivity index (χ4n) is 2.84. The molecule has 0 amide bonds. The molecule has 26 heavy (non-hydrogen) atoms. The summed E-state index contributed by atoms with van der Waals surface area (Å²) in [7, 11) is -3.66. The highest BCUT2D eigenvalue weighted by atomic mass is 32.2. The summed E-state index contributed by atoms with van der Waals surface area (Å²) < 4.78 is 34.7. The summed E-state index contributed by atoms with van der Waals surface area (Å²) in [6, 6.07) is 6.60. The van der Waals surface area contributed by atoms with E-state index >= 15 is 0 Å². The first kappa shape index (κ1) is 16.6. The van der Waals surface area contributed by atoms with E-state index in [9.17, 15) is 8.42 Å². The van der Waals surface area contributed by atoms with Crippen molar-refractivity contribution in [3.63, 3.8) is 0 Å². The summed E-state index contributed by atoms with van der Waals surface area (Å²) in [5, 5.41) is 4.30. The zero-order valence-electron chi connectivity index (χ0n) is 13.7. The first-order chi connectivity index (χ1) is 12.6. The number of ether oxygens (including phenoxy) is 1. The Hall–Kier alpha value is -2.85. The molecular formula is C16H16N6O3S. The Labute approximate surface area is 150 Å². The number of rotatable bonds is 5. The maximum absolute atomic E-state index is 12.9. The summed E-state index contributed by atoms with van der Waals surface area (Å²) >= 11 is 0. The number of hydrogen-bond acceptors (Lipinski definition) is 7. The van der Waals surface area contributed by atoms with E-state index in [0.717, 1.165) is 5.69 Å². The highest BCUT2D eigenvalue weighted by molar-refractivity contribution is 7.89. The van der Waals surface area contributed by atoms with E-state index in [0.29, 0.717) is 0 Å². The van der Waals surface area contributed by atoms with Gasteiger partial charge in [0.05, 0.1) is 12.2 Å². The fraction of sp³-hybridized carbons (Fsp3) is 0.250. The third-order valence-electron chi connectivity index (χ3n) is 4.07. The topological polar surface area (TPSA) is 103 Å². The largest absolute Gasteiger partial charge is 0.461 e. The maximum Gasteiger partial charge on any atom is 0.316 e. The minimum absolute atomic E-state index is 0.166. The van der Waals surface area contributed by atoms with Crippen molar-refractivity contribution in [3.8, 4) is 6.01 Å². The van der Waals surface area contributed by atoms with Gasteiger partial charge in [-0.25, -0.2) is 18.4 Å². The molecule has 0 bridgehead atoms. The van der Waals surface area contributed by atoms with Crippen LogP contribution < -0.4 is 4.74 Å². The Morgan fingerprint density at radius 2 is 1.96 bits per heavy atom. The van der Waals surface area contributed by atoms with Gasteiger partial charge in [0.15, 0.2) is 0 Å². The van der Waals surface area contributed by atoms with Crippen LogP contribution in [0.5, 0.6) is 6.01 Å². The lowest BCUT2D eigenvalue weighted by Gasteiger charge is -2.32. The van der Waals surface area contributed by atoms with Gasteiger partial charge in [-0.05, 0) is 24.3 Å². The van der Waals surface area contributed by atoms with Crippen molar-refractivity contribution in [1.29, 1.82) is 0 Å². The molecule has 0 aromatic carbocycles. The van der Waals surface area contributed by atoms with Gasteiger partial charge in [-0.3, -0.25) is 9.67 Å². The van der Waals surface area contributed by atoms with Gasteiger partial charge < -0.3 is 4.74 Å². The van der Waals surface area contributed by atoms with Crippen LogP contribution in [-0.4, -0.2) is 50.6 Å². The van der Waals surface area contributed by atoms with Gasteiger partial charge >= 0.3 is 6.01 Å². The molecule has 9 nitrogen and oxygen atoms in total. The highest BCUT2D eigenvalue weighted by Gasteiger charge is 2.34. The van der Waals surface area contributed by atoms with Crippen LogP contribution in [0, 0.1) is 0 Å². The van der Waals surface area contributed by atoms with Crippen molar-refractivity contribution in [2.24, 2.45) is 0 Å². The molecule has 4 heterocycles. The van der Waals surface area contributed by atoms with Crippen LogP contribution in [0.4, 0.5) is 0 Å². The van der Waals surface area contributed by atoms with Crippen molar-refractivity contribution >= 4 is 10.0 Å². The van der Waals surface area contributed by atoms with Crippen LogP contribution in [0.3, 0.4) is 0 Å². The lowest BCUT2D eigenvalue weighted by atomic mass is 10.2. The molecular weight excluding hydrogens is 356 g/mol. The lowest BCUT2D eigenvalue weighted by Crippen LogP contribution is -2.43. The van der Waals surface area contributed by atoms with E-state index in [4.69, 9.17) is 4.74 Å². The molecule has 0 saturated heterocycles. The standard InChI is InChI=1S/C16H16N6O3S/c23-26(24,15-3-1-5-17-9-15)21-10-13-4-8-20-22(13)14(11-21)12-25-16-18-6-2-7-19-16/h1-9,14H,10-12H2. The molecule has 10 heteroatoms. The average Bonchev–Trinajstić information content (AvgIpc) is 3.16. The number of sulfonamides is 1. The first-order valence-corrected chi connectivity index (χ1v) is 9.41. The minimum atomic E-state index is -3.66. The van der Waals surface area contributed by atoms with E-state index in [1.807, 2.05) is 0 Å². The Morgan fingerprint density at radius 1 is 1.12 bits per heavy atom. The van der Waals surface area contributed by atoms with Gasteiger partial charge in [-0.15, -0.1) is 0 Å². The van der Waals surface area contributed by atoms with E-state index < -0.39 is 10.0 Å². The molecule has 0 radical (unpaired) electrons. The summed E-state index contributed by atoms with van der Waals surface area (Å²) in [5.74, 6) is 0.